The van der Waals surface area contributed by atoms with Gasteiger partial charge in [-0.2, -0.15) is 0 Å². The van der Waals surface area contributed by atoms with Crippen LogP contribution in [0.15, 0.2) is 35.6 Å². The van der Waals surface area contributed by atoms with E-state index in [2.05, 4.69) is 0 Å². The minimum Gasteiger partial charge on any atom is -0.496 e. The molecule has 21 heavy (non-hydrogen) atoms. The number of hydrogen-bond donors (Lipinski definition) is 1. The smallest absolute Gasteiger partial charge is 0.340 e. The third kappa shape index (κ3) is 3.36. The molecule has 0 amide bonds. The number of methoxy groups -OCH3 is 1. The second kappa shape index (κ2) is 5.77. The highest BCUT2D eigenvalue weighted by atomic mass is 16.7. The number of cyclic esters (lactones) is 1. The summed E-state index contributed by atoms with van der Waals surface area (Å²) in [5.74, 6) is -0.407. The van der Waals surface area contributed by atoms with Crippen LogP contribution >= 0.6 is 0 Å². The highest BCUT2D eigenvalue weighted by molar-refractivity contribution is 5.89. The Morgan fingerprint density at radius 2 is 1.95 bits per heavy atom. The molecule has 0 aromatic heterocycles. The summed E-state index contributed by atoms with van der Waals surface area (Å²) in [7, 11) is 1.55. The molecule has 1 aliphatic rings. The minimum absolute atomic E-state index is 0.185. The number of hydrogen-bond acceptors (Lipinski definition) is 5. The molecule has 0 fully saturated rings. The topological polar surface area (TPSA) is 65.0 Å². The van der Waals surface area contributed by atoms with Crippen LogP contribution in [0.25, 0.3) is 0 Å². The molecular formula is C16H20O5. The molecule has 1 unspecified atom stereocenters. The number of aliphatic hydroxyl groups is 1. The number of ether oxygens (including phenoxy) is 3. The van der Waals surface area contributed by atoms with E-state index in [-0.39, 0.29) is 6.42 Å². The molecular weight excluding hydrogens is 272 g/mol. The Morgan fingerprint density at radius 1 is 1.29 bits per heavy atom. The molecule has 0 radical (unpaired) electrons. The third-order valence-electron chi connectivity index (χ3n) is 3.31. The van der Waals surface area contributed by atoms with Gasteiger partial charge >= 0.3 is 5.97 Å². The largest absolute Gasteiger partial charge is 0.496 e. The van der Waals surface area contributed by atoms with E-state index in [1.807, 2.05) is 12.1 Å². The van der Waals surface area contributed by atoms with Crippen LogP contribution in [0.5, 0.6) is 5.75 Å². The average molecular weight is 292 g/mol. The van der Waals surface area contributed by atoms with Gasteiger partial charge in [0.05, 0.1) is 18.8 Å². The number of carbonyl (C=O) groups is 1. The third-order valence-corrected chi connectivity index (χ3v) is 3.31. The van der Waals surface area contributed by atoms with Gasteiger partial charge in [-0.1, -0.05) is 18.2 Å². The monoisotopic (exact) mass is 292 g/mol. The average Bonchev–Trinajstić information content (AvgIpc) is 2.43. The first-order valence-corrected chi connectivity index (χ1v) is 6.77. The van der Waals surface area contributed by atoms with Gasteiger partial charge in [0, 0.05) is 25.8 Å². The van der Waals surface area contributed by atoms with Crippen molar-refractivity contribution in [2.75, 3.05) is 7.11 Å². The van der Waals surface area contributed by atoms with Crippen LogP contribution in [0.4, 0.5) is 0 Å². The lowest BCUT2D eigenvalue weighted by Gasteiger charge is -2.33. The Bertz CT molecular complexity index is 574. The Labute approximate surface area is 124 Å². The lowest BCUT2D eigenvalue weighted by atomic mass is 10.0. The molecule has 1 atom stereocenters. The zero-order valence-electron chi connectivity index (χ0n) is 12.7. The molecule has 1 aliphatic heterocycles. The second-order valence-electron chi connectivity index (χ2n) is 5.40. The van der Waals surface area contributed by atoms with Crippen LogP contribution in [0.3, 0.4) is 0 Å². The van der Waals surface area contributed by atoms with E-state index in [1.165, 1.54) is 0 Å². The van der Waals surface area contributed by atoms with Crippen LogP contribution < -0.4 is 4.74 Å². The summed E-state index contributed by atoms with van der Waals surface area (Å²) in [6, 6.07) is 7.21. The van der Waals surface area contributed by atoms with Crippen molar-refractivity contribution >= 4 is 5.97 Å². The van der Waals surface area contributed by atoms with Gasteiger partial charge < -0.3 is 19.3 Å². The molecule has 2 rings (SSSR count). The predicted molar refractivity (Wildman–Crippen MR) is 76.5 cm³/mol. The highest BCUT2D eigenvalue weighted by Crippen LogP contribution is 2.34. The molecule has 0 bridgehead atoms. The number of para-hydroxylation sites is 1. The zero-order chi connectivity index (χ0) is 15.6. The van der Waals surface area contributed by atoms with Crippen molar-refractivity contribution in [3.05, 3.63) is 41.2 Å². The van der Waals surface area contributed by atoms with Crippen LogP contribution in [0.1, 0.15) is 38.9 Å². The number of benzene rings is 1. The fourth-order valence-corrected chi connectivity index (χ4v) is 2.23. The maximum absolute atomic E-state index is 11.8. The molecule has 5 heteroatoms. The summed E-state index contributed by atoms with van der Waals surface area (Å²) < 4.78 is 16.0. The summed E-state index contributed by atoms with van der Waals surface area (Å²) in [6.45, 7) is 4.95. The fraction of sp³-hybridized carbons (Fsp3) is 0.438. The van der Waals surface area contributed by atoms with Gasteiger partial charge in [0.1, 0.15) is 11.5 Å². The summed E-state index contributed by atoms with van der Waals surface area (Å²) >= 11 is 0. The Hall–Kier alpha value is -2.01. The SMILES string of the molecule is COc1ccccc1C(O)CC1=C(C)C(=O)OC(C)(C)O1. The molecule has 114 valence electrons. The van der Waals surface area contributed by atoms with Crippen LogP contribution in [0.2, 0.25) is 0 Å². The van der Waals surface area contributed by atoms with Gasteiger partial charge in [-0.25, -0.2) is 4.79 Å². The molecule has 0 aliphatic carbocycles. The van der Waals surface area contributed by atoms with Crippen LogP contribution in [0, 0.1) is 0 Å². The Kier molecular flexibility index (Phi) is 4.23. The molecule has 0 spiro atoms. The van der Waals surface area contributed by atoms with Gasteiger partial charge in [0.15, 0.2) is 0 Å². The fourth-order valence-electron chi connectivity index (χ4n) is 2.23. The summed E-state index contributed by atoms with van der Waals surface area (Å²) in [6.07, 6.45) is -0.641. The maximum atomic E-state index is 11.8. The first-order chi connectivity index (χ1) is 9.84. The van der Waals surface area contributed by atoms with Crippen molar-refractivity contribution in [3.63, 3.8) is 0 Å². The van der Waals surface area contributed by atoms with E-state index in [1.54, 1.807) is 40.0 Å². The van der Waals surface area contributed by atoms with Gasteiger partial charge in [0.2, 0.25) is 5.79 Å². The maximum Gasteiger partial charge on any atom is 0.340 e. The lowest BCUT2D eigenvalue weighted by molar-refractivity contribution is -0.209. The van der Waals surface area contributed by atoms with E-state index in [0.29, 0.717) is 22.6 Å². The van der Waals surface area contributed by atoms with E-state index < -0.39 is 17.9 Å². The van der Waals surface area contributed by atoms with Crippen molar-refractivity contribution < 1.29 is 24.1 Å². The molecule has 5 nitrogen and oxygen atoms in total. The number of rotatable bonds is 4. The summed E-state index contributed by atoms with van der Waals surface area (Å²) in [4.78, 5) is 11.8. The van der Waals surface area contributed by atoms with E-state index in [0.717, 1.165) is 0 Å². The Morgan fingerprint density at radius 3 is 2.62 bits per heavy atom. The summed E-state index contributed by atoms with van der Waals surface area (Å²) in [5.41, 5.74) is 1.03. The van der Waals surface area contributed by atoms with Crippen molar-refractivity contribution in [1.29, 1.82) is 0 Å². The first-order valence-electron chi connectivity index (χ1n) is 6.77. The van der Waals surface area contributed by atoms with Crippen molar-refractivity contribution in [2.24, 2.45) is 0 Å². The van der Waals surface area contributed by atoms with Crippen LogP contribution in [-0.2, 0) is 14.3 Å². The quantitative estimate of drug-likeness (QED) is 0.864. The van der Waals surface area contributed by atoms with Crippen molar-refractivity contribution in [1.82, 2.24) is 0 Å². The predicted octanol–water partition coefficient (Wildman–Crippen LogP) is 2.70. The zero-order valence-corrected chi connectivity index (χ0v) is 12.7. The van der Waals surface area contributed by atoms with Crippen molar-refractivity contribution in [2.45, 2.75) is 39.1 Å². The van der Waals surface area contributed by atoms with Crippen LogP contribution in [-0.4, -0.2) is 24.0 Å². The second-order valence-corrected chi connectivity index (χ2v) is 5.40. The number of esters is 1. The number of aliphatic hydroxyl groups excluding tert-OH is 1. The molecule has 1 heterocycles. The lowest BCUT2D eigenvalue weighted by Crippen LogP contribution is -2.36. The van der Waals surface area contributed by atoms with Gasteiger partial charge in [0.25, 0.3) is 0 Å². The standard InChI is InChI=1S/C16H20O5/c1-10-14(20-16(2,3)21-15(10)18)9-12(17)11-7-5-6-8-13(11)19-4/h5-8,12,17H,9H2,1-4H3. The molecule has 0 saturated heterocycles. The highest BCUT2D eigenvalue weighted by Gasteiger charge is 2.34. The van der Waals surface area contributed by atoms with Crippen molar-refractivity contribution in [3.8, 4) is 5.75 Å². The van der Waals surface area contributed by atoms with Gasteiger partial charge in [-0.3, -0.25) is 0 Å². The normalized spacial score (nSPS) is 18.8. The molecule has 1 N–H and O–H groups in total. The molecule has 1 aromatic carbocycles. The van der Waals surface area contributed by atoms with E-state index in [9.17, 15) is 9.90 Å². The summed E-state index contributed by atoms with van der Waals surface area (Å²) in [5, 5.41) is 10.4. The van der Waals surface area contributed by atoms with Gasteiger partial charge in [-0.05, 0) is 13.0 Å². The van der Waals surface area contributed by atoms with E-state index >= 15 is 0 Å². The van der Waals surface area contributed by atoms with Gasteiger partial charge in [-0.15, -0.1) is 0 Å². The minimum atomic E-state index is -1.02. The first kappa shape index (κ1) is 15.4. The molecule has 1 aromatic rings. The Balaban J connectivity index is 2.24. The molecule has 0 saturated carbocycles. The number of carbonyl (C=O) groups excluding carboxylic acids is 1. The van der Waals surface area contributed by atoms with E-state index in [4.69, 9.17) is 14.2 Å².